The first-order valence-electron chi connectivity index (χ1n) is 14.6. The van der Waals surface area contributed by atoms with Crippen molar-refractivity contribution in [2.45, 2.75) is 0 Å². The Kier molecular flexibility index (Phi) is 14.9. The van der Waals surface area contributed by atoms with Crippen LogP contribution in [0.25, 0.3) is 34.2 Å². The number of rotatable bonds is 3. The van der Waals surface area contributed by atoms with Crippen LogP contribution in [0.2, 0.25) is 0 Å². The molecule has 0 aromatic carbocycles. The van der Waals surface area contributed by atoms with Crippen molar-refractivity contribution < 1.29 is 69.8 Å². The van der Waals surface area contributed by atoms with E-state index in [4.69, 9.17) is 34.4 Å². The topological polar surface area (TPSA) is 233 Å². The second-order valence-corrected chi connectivity index (χ2v) is 14.6. The van der Waals surface area contributed by atoms with Crippen molar-refractivity contribution in [1.82, 2.24) is 29.9 Å². The summed E-state index contributed by atoms with van der Waals surface area (Å²) in [7, 11) is -21.3. The van der Waals surface area contributed by atoms with E-state index in [1.54, 1.807) is 110 Å². The average molecular weight is 950 g/mol. The van der Waals surface area contributed by atoms with Crippen LogP contribution >= 0.6 is 15.6 Å². The Morgan fingerprint density at radius 2 is 0.386 bits per heavy atom. The van der Waals surface area contributed by atoms with Gasteiger partial charge in [-0.05, 0) is 72.8 Å². The molecule has 0 aliphatic carbocycles. The van der Waals surface area contributed by atoms with Gasteiger partial charge in [0.1, 0.15) is 0 Å². The minimum atomic E-state index is -10.7. The summed E-state index contributed by atoms with van der Waals surface area (Å²) in [5, 5.41) is 0. The van der Waals surface area contributed by atoms with E-state index >= 15 is 0 Å². The summed E-state index contributed by atoms with van der Waals surface area (Å²) >= 11 is 0. The molecule has 27 heteroatoms. The average Bonchev–Trinajstić information content (AvgIpc) is 3.03. The molecule has 0 saturated carbocycles. The number of nitrogens with two attached hydrogens (primary N) is 6. The molecule has 6 rings (SSSR count). The summed E-state index contributed by atoms with van der Waals surface area (Å²) in [5.41, 5.74) is 42.2. The van der Waals surface area contributed by atoms with E-state index in [9.17, 15) is 50.4 Å². The maximum atomic E-state index is 9.87. The molecular weight excluding hydrogens is 919 g/mol. The molecule has 0 aliphatic heterocycles. The normalized spacial score (nSPS) is 13.1. The molecule has 0 saturated heterocycles. The van der Waals surface area contributed by atoms with Gasteiger partial charge < -0.3 is 34.4 Å². The molecule has 6 aromatic heterocycles. The van der Waals surface area contributed by atoms with Crippen molar-refractivity contribution in [3.05, 3.63) is 110 Å². The van der Waals surface area contributed by atoms with E-state index in [0.29, 0.717) is 34.1 Å². The van der Waals surface area contributed by atoms with Crippen molar-refractivity contribution in [2.75, 3.05) is 34.4 Å². The van der Waals surface area contributed by atoms with Crippen molar-refractivity contribution in [2.24, 2.45) is 0 Å². The number of nitrogen functional groups attached to an aromatic ring is 6. The van der Waals surface area contributed by atoms with E-state index in [2.05, 4.69) is 29.9 Å². The minimum absolute atomic E-state index is 0. The molecule has 0 radical (unpaired) electrons. The first-order chi connectivity index (χ1) is 25.2. The Morgan fingerprint density at radius 3 is 0.474 bits per heavy atom. The molecule has 0 unspecified atom stereocenters. The van der Waals surface area contributed by atoms with Gasteiger partial charge in [0.05, 0.1) is 34.2 Å². The number of hydrogen-bond donors (Lipinski definition) is 6. The van der Waals surface area contributed by atoms with E-state index in [-0.39, 0.29) is 19.5 Å². The van der Waals surface area contributed by atoms with E-state index < -0.39 is 15.6 Å². The van der Waals surface area contributed by atoms with Crippen molar-refractivity contribution in [3.8, 4) is 34.2 Å². The second kappa shape index (κ2) is 17.2. The van der Waals surface area contributed by atoms with Crippen LogP contribution in [0, 0.1) is 0 Å². The number of anilines is 6. The van der Waals surface area contributed by atoms with Gasteiger partial charge in [0.2, 0.25) is 0 Å². The second-order valence-electron chi connectivity index (χ2n) is 10.8. The van der Waals surface area contributed by atoms with Crippen LogP contribution in [0.15, 0.2) is 110 Å². The standard InChI is InChI=1S/3C10H10N4.2F6P.Ru/c3*11-7-1-3-13-9(5-7)10-6-8(12)2-4-14-10;2*1-7(2,3,4,5)6;/h3*1-6H,(H2,11,13)(H2,12,14);;;/q;;;2*-1;+2. The summed E-state index contributed by atoms with van der Waals surface area (Å²) in [4.78, 5) is 24.9. The van der Waals surface area contributed by atoms with Crippen LogP contribution in [-0.2, 0) is 19.5 Å². The number of nitrogens with zero attached hydrogens (tertiary/aromatic N) is 6. The SMILES string of the molecule is F[P-](F)(F)(F)(F)F.F[P-](F)(F)(F)(F)F.Nc1ccnc(-c2cc(N)ccn2)c1.Nc1ccnc(-c2cc(N)ccn2)c1.Nc1ccnc(-c2cc(N)ccn2)c1.[Ru+2]. The molecule has 0 amide bonds. The molecule has 0 spiro atoms. The molecule has 6 heterocycles. The van der Waals surface area contributed by atoms with Crippen LogP contribution < -0.4 is 34.4 Å². The zero-order valence-corrected chi connectivity index (χ0v) is 31.9. The predicted octanol–water partition coefficient (Wildman–Crippen LogP) is 10.7. The predicted molar refractivity (Wildman–Crippen MR) is 196 cm³/mol. The minimum Gasteiger partial charge on any atom is -0.399 e. The third-order valence-corrected chi connectivity index (χ3v) is 5.49. The largest absolute Gasteiger partial charge is 2.00 e. The maximum absolute atomic E-state index is 10.7. The number of pyridine rings is 6. The number of halogens is 12. The quantitative estimate of drug-likeness (QED) is 0.0552. The van der Waals surface area contributed by atoms with Gasteiger partial charge >= 0.3 is 85.5 Å². The van der Waals surface area contributed by atoms with Crippen LogP contribution in [0.1, 0.15) is 0 Å². The zero-order valence-electron chi connectivity index (χ0n) is 28.3. The third kappa shape index (κ3) is 26.7. The van der Waals surface area contributed by atoms with Gasteiger partial charge in [-0.2, -0.15) is 0 Å². The van der Waals surface area contributed by atoms with Crippen molar-refractivity contribution in [3.63, 3.8) is 0 Å². The smallest absolute Gasteiger partial charge is 0.399 e. The summed E-state index contributed by atoms with van der Waals surface area (Å²) in [5.74, 6) is 0. The van der Waals surface area contributed by atoms with Crippen LogP contribution in [-0.4, -0.2) is 29.9 Å². The Bertz CT molecular complexity index is 1870. The van der Waals surface area contributed by atoms with Gasteiger partial charge in [-0.1, -0.05) is 0 Å². The zero-order chi connectivity index (χ0) is 42.7. The van der Waals surface area contributed by atoms with Gasteiger partial charge in [0, 0.05) is 71.3 Å². The molecule has 0 aliphatic rings. The van der Waals surface area contributed by atoms with E-state index in [1.807, 2.05) is 0 Å². The molecule has 0 bridgehead atoms. The summed E-state index contributed by atoms with van der Waals surface area (Å²) in [6.45, 7) is 0. The number of aromatic nitrogens is 6. The van der Waals surface area contributed by atoms with Gasteiger partial charge in [-0.15, -0.1) is 0 Å². The molecule has 312 valence electrons. The van der Waals surface area contributed by atoms with Crippen molar-refractivity contribution >= 4 is 49.7 Å². The first kappa shape index (κ1) is 49.4. The fraction of sp³-hybridized carbons (Fsp3) is 0. The first-order valence-corrected chi connectivity index (χ1v) is 18.7. The van der Waals surface area contributed by atoms with Crippen LogP contribution in [0.5, 0.6) is 0 Å². The summed E-state index contributed by atoms with van der Waals surface area (Å²) in [6, 6.07) is 21.0. The summed E-state index contributed by atoms with van der Waals surface area (Å²) < 4.78 is 118. The van der Waals surface area contributed by atoms with Crippen molar-refractivity contribution in [1.29, 1.82) is 0 Å². The van der Waals surface area contributed by atoms with Gasteiger partial charge in [-0.3, -0.25) is 29.9 Å². The molecule has 0 fully saturated rings. The van der Waals surface area contributed by atoms with Gasteiger partial charge in [-0.25, -0.2) is 0 Å². The third-order valence-electron chi connectivity index (χ3n) is 5.49. The fourth-order valence-corrected chi connectivity index (χ4v) is 3.52. The Balaban J connectivity index is 0.000000367. The van der Waals surface area contributed by atoms with Gasteiger partial charge in [0.25, 0.3) is 0 Å². The molecule has 0 atom stereocenters. The molecule has 12 nitrogen and oxygen atoms in total. The molecule has 57 heavy (non-hydrogen) atoms. The van der Waals surface area contributed by atoms with E-state index in [0.717, 1.165) is 34.2 Å². The molecule has 6 aromatic rings. The Hall–Kier alpha value is -5.66. The maximum Gasteiger partial charge on any atom is 2.00 e. The Labute approximate surface area is 327 Å². The fourth-order valence-electron chi connectivity index (χ4n) is 3.52. The number of hydrogen-bond acceptors (Lipinski definition) is 12. The van der Waals surface area contributed by atoms with E-state index in [1.165, 1.54) is 0 Å². The van der Waals surface area contributed by atoms with Gasteiger partial charge in [0.15, 0.2) is 0 Å². The Morgan fingerprint density at radius 1 is 0.281 bits per heavy atom. The molecular formula is C30H30F12N12P2Ru. The summed E-state index contributed by atoms with van der Waals surface area (Å²) in [6.07, 6.45) is 9.89. The molecule has 12 N–H and O–H groups in total. The monoisotopic (exact) mass is 950 g/mol. The van der Waals surface area contributed by atoms with Crippen LogP contribution in [0.3, 0.4) is 0 Å². The van der Waals surface area contributed by atoms with Crippen LogP contribution in [0.4, 0.5) is 84.5 Å².